The molecule has 0 unspecified atom stereocenters. The summed E-state index contributed by atoms with van der Waals surface area (Å²) < 4.78 is 5.06. The predicted octanol–water partition coefficient (Wildman–Crippen LogP) is 2.80. The fourth-order valence-corrected chi connectivity index (χ4v) is 1.88. The van der Waals surface area contributed by atoms with Crippen LogP contribution in [0.2, 0.25) is 0 Å². The van der Waals surface area contributed by atoms with Crippen molar-refractivity contribution in [1.29, 1.82) is 0 Å². The molecule has 1 aromatic rings. The summed E-state index contributed by atoms with van der Waals surface area (Å²) in [6, 6.07) is 7.18. The Labute approximate surface area is 137 Å². The molecule has 0 saturated heterocycles. The Bertz CT molecular complexity index is 570. The largest absolute Gasteiger partial charge is 0.453 e. The van der Waals surface area contributed by atoms with Crippen LogP contribution in [-0.4, -0.2) is 29.3 Å². The van der Waals surface area contributed by atoms with Crippen LogP contribution < -0.4 is 5.32 Å². The Hall–Kier alpha value is -2.17. The van der Waals surface area contributed by atoms with Crippen molar-refractivity contribution in [2.75, 3.05) is 0 Å². The van der Waals surface area contributed by atoms with E-state index in [-0.39, 0.29) is 30.1 Å². The van der Waals surface area contributed by atoms with E-state index in [4.69, 9.17) is 4.74 Å². The molecule has 0 heterocycles. The lowest BCUT2D eigenvalue weighted by molar-refractivity contribution is -0.155. The molecule has 0 radical (unpaired) electrons. The molecular formula is C18H25NO4. The minimum atomic E-state index is -0.879. The van der Waals surface area contributed by atoms with E-state index in [1.54, 1.807) is 12.1 Å². The molecule has 1 aromatic carbocycles. The number of ether oxygens (including phenoxy) is 1. The summed E-state index contributed by atoms with van der Waals surface area (Å²) in [6.07, 6.45) is -0.855. The van der Waals surface area contributed by atoms with E-state index < -0.39 is 12.1 Å². The molecule has 23 heavy (non-hydrogen) atoms. The van der Waals surface area contributed by atoms with E-state index in [2.05, 4.69) is 5.32 Å². The summed E-state index contributed by atoms with van der Waals surface area (Å²) in [5, 5.41) is 2.74. The summed E-state index contributed by atoms with van der Waals surface area (Å²) in [5.74, 6) is -1.02. The highest BCUT2D eigenvalue weighted by molar-refractivity contribution is 5.97. The van der Waals surface area contributed by atoms with Gasteiger partial charge in [-0.1, -0.05) is 29.8 Å². The normalized spacial score (nSPS) is 12.4. The number of hydrogen-bond acceptors (Lipinski definition) is 4. The van der Waals surface area contributed by atoms with Gasteiger partial charge in [-0.15, -0.1) is 0 Å². The molecule has 0 aliphatic carbocycles. The summed E-state index contributed by atoms with van der Waals surface area (Å²) in [7, 11) is 0. The highest BCUT2D eigenvalue weighted by Gasteiger charge is 2.22. The van der Waals surface area contributed by atoms with Gasteiger partial charge in [0.1, 0.15) is 0 Å². The number of amides is 1. The van der Waals surface area contributed by atoms with Gasteiger partial charge >= 0.3 is 5.97 Å². The van der Waals surface area contributed by atoms with Crippen LogP contribution in [0.4, 0.5) is 0 Å². The first-order valence-corrected chi connectivity index (χ1v) is 7.70. The molecule has 1 atom stereocenters. The number of rotatable bonds is 6. The van der Waals surface area contributed by atoms with Crippen LogP contribution in [-0.2, 0) is 14.3 Å². The van der Waals surface area contributed by atoms with Crippen LogP contribution in [0.25, 0.3) is 0 Å². The topological polar surface area (TPSA) is 72.5 Å². The van der Waals surface area contributed by atoms with Crippen molar-refractivity contribution in [3.05, 3.63) is 35.4 Å². The van der Waals surface area contributed by atoms with Gasteiger partial charge in [-0.25, -0.2) is 0 Å². The van der Waals surface area contributed by atoms with E-state index in [1.807, 2.05) is 39.8 Å². The standard InChI is InChI=1S/C18H25NO4/c1-12-6-8-14(9-7-12)15(20)10-11-16(21)23-13(2)17(22)19-18(3,4)5/h6-9,13H,10-11H2,1-5H3,(H,19,22)/t13-/m0/s1. The molecule has 0 aliphatic rings. The second-order valence-electron chi connectivity index (χ2n) is 6.66. The van der Waals surface area contributed by atoms with Crippen LogP contribution in [0.1, 0.15) is 56.5 Å². The third-order valence-corrected chi connectivity index (χ3v) is 3.11. The molecule has 0 aromatic heterocycles. The Morgan fingerprint density at radius 1 is 1.09 bits per heavy atom. The lowest BCUT2D eigenvalue weighted by Crippen LogP contribution is -2.46. The van der Waals surface area contributed by atoms with E-state index >= 15 is 0 Å². The fraction of sp³-hybridized carbons (Fsp3) is 0.500. The number of esters is 1. The number of nitrogens with one attached hydrogen (secondary N) is 1. The number of carbonyl (C=O) groups excluding carboxylic acids is 3. The van der Waals surface area contributed by atoms with E-state index in [9.17, 15) is 14.4 Å². The highest BCUT2D eigenvalue weighted by atomic mass is 16.5. The van der Waals surface area contributed by atoms with Crippen molar-refractivity contribution in [1.82, 2.24) is 5.32 Å². The van der Waals surface area contributed by atoms with E-state index in [0.29, 0.717) is 5.56 Å². The Balaban J connectivity index is 2.43. The fourth-order valence-electron chi connectivity index (χ4n) is 1.88. The van der Waals surface area contributed by atoms with Crippen molar-refractivity contribution >= 4 is 17.7 Å². The minimum absolute atomic E-state index is 0.0418. The zero-order chi connectivity index (χ0) is 17.6. The van der Waals surface area contributed by atoms with Gasteiger partial charge in [0.2, 0.25) is 0 Å². The SMILES string of the molecule is Cc1ccc(C(=O)CCC(=O)O[C@@H](C)C(=O)NC(C)(C)C)cc1. The number of ketones is 1. The monoisotopic (exact) mass is 319 g/mol. The van der Waals surface area contributed by atoms with Gasteiger partial charge in [0.25, 0.3) is 5.91 Å². The van der Waals surface area contributed by atoms with Crippen LogP contribution in [0.5, 0.6) is 0 Å². The lowest BCUT2D eigenvalue weighted by Gasteiger charge is -2.23. The molecule has 1 N–H and O–H groups in total. The number of hydrogen-bond donors (Lipinski definition) is 1. The van der Waals surface area contributed by atoms with Gasteiger partial charge in [-0.3, -0.25) is 14.4 Å². The van der Waals surface area contributed by atoms with Gasteiger partial charge in [-0.2, -0.15) is 0 Å². The van der Waals surface area contributed by atoms with Crippen LogP contribution in [0.3, 0.4) is 0 Å². The third-order valence-electron chi connectivity index (χ3n) is 3.11. The average molecular weight is 319 g/mol. The van der Waals surface area contributed by atoms with Crippen molar-refractivity contribution in [3.63, 3.8) is 0 Å². The van der Waals surface area contributed by atoms with Crippen molar-refractivity contribution in [2.45, 2.75) is 59.1 Å². The maximum absolute atomic E-state index is 12.0. The third kappa shape index (κ3) is 7.08. The van der Waals surface area contributed by atoms with Crippen LogP contribution >= 0.6 is 0 Å². The molecule has 5 heteroatoms. The zero-order valence-electron chi connectivity index (χ0n) is 14.4. The molecule has 126 valence electrons. The second-order valence-corrected chi connectivity index (χ2v) is 6.66. The van der Waals surface area contributed by atoms with Crippen molar-refractivity contribution in [3.8, 4) is 0 Å². The van der Waals surface area contributed by atoms with E-state index in [0.717, 1.165) is 5.56 Å². The van der Waals surface area contributed by atoms with Gasteiger partial charge in [0.05, 0.1) is 6.42 Å². The summed E-state index contributed by atoms with van der Waals surface area (Å²) in [4.78, 5) is 35.6. The van der Waals surface area contributed by atoms with Gasteiger partial charge in [-0.05, 0) is 34.6 Å². The summed E-state index contributed by atoms with van der Waals surface area (Å²) in [5.41, 5.74) is 1.25. The van der Waals surface area contributed by atoms with Crippen LogP contribution in [0, 0.1) is 6.92 Å². The van der Waals surface area contributed by atoms with Gasteiger partial charge in [0.15, 0.2) is 11.9 Å². The Kier molecular flexibility index (Phi) is 6.49. The molecule has 0 fully saturated rings. The summed E-state index contributed by atoms with van der Waals surface area (Å²) >= 11 is 0. The van der Waals surface area contributed by atoms with E-state index in [1.165, 1.54) is 6.92 Å². The first-order chi connectivity index (χ1) is 10.6. The number of Topliss-reactive ketones (excluding diaryl/α,β-unsaturated/α-hetero) is 1. The smallest absolute Gasteiger partial charge is 0.307 e. The number of benzene rings is 1. The molecule has 0 bridgehead atoms. The number of aryl methyl sites for hydroxylation is 1. The number of carbonyl (C=O) groups is 3. The van der Waals surface area contributed by atoms with Gasteiger partial charge < -0.3 is 10.1 Å². The average Bonchev–Trinajstić information content (AvgIpc) is 2.43. The van der Waals surface area contributed by atoms with Crippen LogP contribution in [0.15, 0.2) is 24.3 Å². The molecule has 5 nitrogen and oxygen atoms in total. The van der Waals surface area contributed by atoms with Crippen molar-refractivity contribution < 1.29 is 19.1 Å². The Morgan fingerprint density at radius 3 is 2.17 bits per heavy atom. The maximum Gasteiger partial charge on any atom is 0.307 e. The second kappa shape index (κ2) is 7.90. The molecule has 0 spiro atoms. The molecular weight excluding hydrogens is 294 g/mol. The molecule has 0 saturated carbocycles. The lowest BCUT2D eigenvalue weighted by atomic mass is 10.1. The first kappa shape index (κ1) is 18.9. The molecule has 0 aliphatic heterocycles. The minimum Gasteiger partial charge on any atom is -0.453 e. The molecule has 1 rings (SSSR count). The molecule has 1 amide bonds. The first-order valence-electron chi connectivity index (χ1n) is 7.70. The Morgan fingerprint density at radius 2 is 1.65 bits per heavy atom. The quantitative estimate of drug-likeness (QED) is 0.646. The van der Waals surface area contributed by atoms with Gasteiger partial charge in [0, 0.05) is 17.5 Å². The zero-order valence-corrected chi connectivity index (χ0v) is 14.4. The summed E-state index contributed by atoms with van der Waals surface area (Å²) in [6.45, 7) is 9.00. The van der Waals surface area contributed by atoms with Crippen molar-refractivity contribution in [2.24, 2.45) is 0 Å². The highest BCUT2D eigenvalue weighted by Crippen LogP contribution is 2.09. The maximum atomic E-state index is 12.0. The predicted molar refractivity (Wildman–Crippen MR) is 88.2 cm³/mol.